The van der Waals surface area contributed by atoms with Crippen LogP contribution in [-0.2, 0) is 17.8 Å². The van der Waals surface area contributed by atoms with Crippen molar-refractivity contribution in [2.45, 2.75) is 26.3 Å². The van der Waals surface area contributed by atoms with Crippen LogP contribution in [0.25, 0.3) is 21.9 Å². The predicted octanol–water partition coefficient (Wildman–Crippen LogP) is 4.90. The van der Waals surface area contributed by atoms with Gasteiger partial charge in [-0.2, -0.15) is 0 Å². The second-order valence-electron chi connectivity index (χ2n) is 7.38. The number of methoxy groups -OCH3 is 1. The monoisotopic (exact) mass is 377 g/mol. The quantitative estimate of drug-likeness (QED) is 0.636. The van der Waals surface area contributed by atoms with Crippen LogP contribution in [0.1, 0.15) is 23.1 Å². The molecule has 0 aliphatic carbocycles. The molecule has 0 unspecified atom stereocenters. The standard InChI is InChI=1S/C24H27NO3/c1-16-18(15-25(2)3)11-13-22(28-4)24(16)21-10-6-8-19-17(12-14-23(26)27)7-5-9-20(19)21/h5-11,13H,12,14-15H2,1-4H3,(H,26,27). The van der Waals surface area contributed by atoms with E-state index in [0.29, 0.717) is 6.42 Å². The topological polar surface area (TPSA) is 49.8 Å². The van der Waals surface area contributed by atoms with Gasteiger partial charge in [-0.15, -0.1) is 0 Å². The van der Waals surface area contributed by atoms with Gasteiger partial charge in [-0.05, 0) is 66.5 Å². The van der Waals surface area contributed by atoms with Gasteiger partial charge in [0, 0.05) is 18.5 Å². The molecular formula is C24H27NO3. The van der Waals surface area contributed by atoms with Crippen molar-refractivity contribution in [2.24, 2.45) is 0 Å². The Hall–Kier alpha value is -2.85. The maximum Gasteiger partial charge on any atom is 0.303 e. The van der Waals surface area contributed by atoms with Crippen molar-refractivity contribution >= 4 is 16.7 Å². The molecule has 0 spiro atoms. The number of fused-ring (bicyclic) bond motifs is 1. The number of aryl methyl sites for hydroxylation is 1. The van der Waals surface area contributed by atoms with Crippen LogP contribution in [0.4, 0.5) is 0 Å². The Morgan fingerprint density at radius 3 is 2.39 bits per heavy atom. The van der Waals surface area contributed by atoms with Gasteiger partial charge < -0.3 is 14.7 Å². The van der Waals surface area contributed by atoms with Crippen LogP contribution >= 0.6 is 0 Å². The summed E-state index contributed by atoms with van der Waals surface area (Å²) in [4.78, 5) is 13.2. The molecule has 3 rings (SSSR count). The fraction of sp³-hybridized carbons (Fsp3) is 0.292. The first-order valence-electron chi connectivity index (χ1n) is 9.46. The van der Waals surface area contributed by atoms with E-state index in [2.05, 4.69) is 50.2 Å². The summed E-state index contributed by atoms with van der Waals surface area (Å²) in [6.07, 6.45) is 0.650. The number of aliphatic carboxylic acids is 1. The number of carboxylic acid groups (broad SMARTS) is 1. The smallest absolute Gasteiger partial charge is 0.303 e. The Kier molecular flexibility index (Phi) is 6.00. The number of carbonyl (C=O) groups is 1. The molecule has 0 atom stereocenters. The minimum atomic E-state index is -0.776. The van der Waals surface area contributed by atoms with Gasteiger partial charge in [-0.1, -0.05) is 42.5 Å². The Labute approximate surface area is 166 Å². The lowest BCUT2D eigenvalue weighted by molar-refractivity contribution is -0.136. The number of benzene rings is 3. The van der Waals surface area contributed by atoms with Gasteiger partial charge in [0.1, 0.15) is 5.75 Å². The first-order chi connectivity index (χ1) is 13.4. The lowest BCUT2D eigenvalue weighted by Crippen LogP contribution is -2.12. The highest BCUT2D eigenvalue weighted by atomic mass is 16.5. The molecule has 0 fully saturated rings. The molecule has 0 heterocycles. The number of nitrogens with zero attached hydrogens (tertiary/aromatic N) is 1. The fourth-order valence-corrected chi connectivity index (χ4v) is 3.80. The van der Waals surface area contributed by atoms with E-state index in [1.54, 1.807) is 7.11 Å². The molecule has 3 aromatic carbocycles. The van der Waals surface area contributed by atoms with Gasteiger partial charge in [-0.25, -0.2) is 0 Å². The third-order valence-electron chi connectivity index (χ3n) is 5.14. The summed E-state index contributed by atoms with van der Waals surface area (Å²) in [5.74, 6) is 0.0745. The molecule has 0 radical (unpaired) electrons. The highest BCUT2D eigenvalue weighted by molar-refractivity contribution is 6.00. The summed E-state index contributed by atoms with van der Waals surface area (Å²) in [5, 5.41) is 11.3. The molecule has 1 N–H and O–H groups in total. The van der Waals surface area contributed by atoms with Gasteiger partial charge in [0.25, 0.3) is 0 Å². The maximum atomic E-state index is 11.0. The van der Waals surface area contributed by atoms with E-state index in [1.165, 1.54) is 11.1 Å². The van der Waals surface area contributed by atoms with E-state index in [4.69, 9.17) is 9.84 Å². The first kappa shape index (κ1) is 19.9. The van der Waals surface area contributed by atoms with Crippen molar-refractivity contribution in [3.05, 3.63) is 65.2 Å². The van der Waals surface area contributed by atoms with E-state index in [-0.39, 0.29) is 6.42 Å². The Morgan fingerprint density at radius 1 is 1.00 bits per heavy atom. The van der Waals surface area contributed by atoms with Crippen molar-refractivity contribution in [3.63, 3.8) is 0 Å². The number of rotatable bonds is 7. The van der Waals surface area contributed by atoms with Gasteiger partial charge >= 0.3 is 5.97 Å². The van der Waals surface area contributed by atoms with Gasteiger partial charge in [0.15, 0.2) is 0 Å². The van der Waals surface area contributed by atoms with Crippen LogP contribution in [0.3, 0.4) is 0 Å². The van der Waals surface area contributed by atoms with Crippen LogP contribution in [0.2, 0.25) is 0 Å². The second-order valence-corrected chi connectivity index (χ2v) is 7.38. The third-order valence-corrected chi connectivity index (χ3v) is 5.14. The summed E-state index contributed by atoms with van der Waals surface area (Å²) >= 11 is 0. The highest BCUT2D eigenvalue weighted by Gasteiger charge is 2.16. The molecule has 0 aromatic heterocycles. The van der Waals surface area contributed by atoms with E-state index >= 15 is 0 Å². The van der Waals surface area contributed by atoms with E-state index in [0.717, 1.165) is 39.8 Å². The van der Waals surface area contributed by atoms with Crippen molar-refractivity contribution in [3.8, 4) is 16.9 Å². The van der Waals surface area contributed by atoms with Gasteiger partial charge in [0.05, 0.1) is 7.11 Å². The highest BCUT2D eigenvalue weighted by Crippen LogP contribution is 2.39. The van der Waals surface area contributed by atoms with Crippen molar-refractivity contribution in [1.82, 2.24) is 4.90 Å². The zero-order chi connectivity index (χ0) is 20.3. The Morgan fingerprint density at radius 2 is 1.71 bits per heavy atom. The molecule has 0 bridgehead atoms. The first-order valence-corrected chi connectivity index (χ1v) is 9.46. The maximum absolute atomic E-state index is 11.0. The van der Waals surface area contributed by atoms with Crippen LogP contribution in [-0.4, -0.2) is 37.2 Å². The third kappa shape index (κ3) is 4.02. The number of carboxylic acids is 1. The minimum absolute atomic E-state index is 0.129. The van der Waals surface area contributed by atoms with Crippen molar-refractivity contribution < 1.29 is 14.6 Å². The summed E-state index contributed by atoms with van der Waals surface area (Å²) in [5.41, 5.74) is 5.74. The van der Waals surface area contributed by atoms with Crippen LogP contribution < -0.4 is 4.74 Å². The predicted molar refractivity (Wildman–Crippen MR) is 114 cm³/mol. The summed E-state index contributed by atoms with van der Waals surface area (Å²) in [6.45, 7) is 3.00. The second kappa shape index (κ2) is 8.44. The molecule has 0 saturated carbocycles. The summed E-state index contributed by atoms with van der Waals surface area (Å²) in [6, 6.07) is 16.5. The Balaban J connectivity index is 2.21. The Bertz CT molecular complexity index is 1010. The van der Waals surface area contributed by atoms with Gasteiger partial charge in [0.2, 0.25) is 0 Å². The van der Waals surface area contributed by atoms with Crippen LogP contribution in [0, 0.1) is 6.92 Å². The molecule has 3 aromatic rings. The molecular weight excluding hydrogens is 350 g/mol. The summed E-state index contributed by atoms with van der Waals surface area (Å²) < 4.78 is 5.71. The average Bonchev–Trinajstić information content (AvgIpc) is 2.67. The van der Waals surface area contributed by atoms with Gasteiger partial charge in [-0.3, -0.25) is 4.79 Å². The van der Waals surface area contributed by atoms with Crippen molar-refractivity contribution in [1.29, 1.82) is 0 Å². The minimum Gasteiger partial charge on any atom is -0.496 e. The largest absolute Gasteiger partial charge is 0.496 e. The molecule has 0 saturated heterocycles. The molecule has 28 heavy (non-hydrogen) atoms. The van der Waals surface area contributed by atoms with E-state index in [9.17, 15) is 4.79 Å². The number of ether oxygens (including phenoxy) is 1. The molecule has 0 amide bonds. The van der Waals surface area contributed by atoms with E-state index in [1.807, 2.05) is 24.3 Å². The van der Waals surface area contributed by atoms with Crippen LogP contribution in [0.5, 0.6) is 5.75 Å². The lowest BCUT2D eigenvalue weighted by Gasteiger charge is -2.20. The fourth-order valence-electron chi connectivity index (χ4n) is 3.80. The van der Waals surface area contributed by atoms with Crippen LogP contribution in [0.15, 0.2) is 48.5 Å². The molecule has 4 nitrogen and oxygen atoms in total. The molecule has 0 aliphatic rings. The molecule has 4 heteroatoms. The SMILES string of the molecule is COc1ccc(CN(C)C)c(C)c1-c1cccc2c(CCC(=O)O)cccc12. The zero-order valence-corrected chi connectivity index (χ0v) is 17.0. The molecule has 0 aliphatic heterocycles. The lowest BCUT2D eigenvalue weighted by atomic mass is 9.90. The van der Waals surface area contributed by atoms with E-state index < -0.39 is 5.97 Å². The number of hydrogen-bond acceptors (Lipinski definition) is 3. The summed E-state index contributed by atoms with van der Waals surface area (Å²) in [7, 11) is 5.83. The van der Waals surface area contributed by atoms with Crippen molar-refractivity contribution in [2.75, 3.05) is 21.2 Å². The normalized spacial score (nSPS) is 11.2. The molecule has 146 valence electrons. The number of hydrogen-bond donors (Lipinski definition) is 1. The average molecular weight is 377 g/mol. The zero-order valence-electron chi connectivity index (χ0n) is 17.0.